The number of carbonyl (C=O) groups excluding carboxylic acids is 1. The number of para-hydroxylation sites is 1. The molecular formula is C19H25N3OS. The molecule has 1 aliphatic carbocycles. The highest BCUT2D eigenvalue weighted by Gasteiger charge is 2.16. The van der Waals surface area contributed by atoms with E-state index in [9.17, 15) is 4.79 Å². The Labute approximate surface area is 148 Å². The quantitative estimate of drug-likeness (QED) is 0.656. The molecule has 1 heterocycles. The summed E-state index contributed by atoms with van der Waals surface area (Å²) in [6.45, 7) is 2.09. The van der Waals surface area contributed by atoms with E-state index in [4.69, 9.17) is 0 Å². The van der Waals surface area contributed by atoms with E-state index in [0.717, 1.165) is 23.7 Å². The van der Waals surface area contributed by atoms with E-state index >= 15 is 0 Å². The molecule has 24 heavy (non-hydrogen) atoms. The summed E-state index contributed by atoms with van der Waals surface area (Å²) < 4.78 is 2.05. The van der Waals surface area contributed by atoms with Gasteiger partial charge in [-0.2, -0.15) is 0 Å². The van der Waals surface area contributed by atoms with Gasteiger partial charge in [0.1, 0.15) is 0 Å². The largest absolute Gasteiger partial charge is 0.353 e. The van der Waals surface area contributed by atoms with Crippen LogP contribution in [0.15, 0.2) is 41.8 Å². The molecule has 2 aromatic rings. The second kappa shape index (κ2) is 8.38. The molecule has 0 radical (unpaired) electrons. The van der Waals surface area contributed by atoms with Crippen molar-refractivity contribution in [2.75, 3.05) is 5.75 Å². The van der Waals surface area contributed by atoms with Crippen LogP contribution >= 0.6 is 11.8 Å². The van der Waals surface area contributed by atoms with Gasteiger partial charge in [0.2, 0.25) is 5.91 Å². The molecular weight excluding hydrogens is 318 g/mol. The number of aryl methyl sites for hydroxylation is 1. The average molecular weight is 343 g/mol. The molecule has 0 saturated heterocycles. The Morgan fingerprint density at radius 1 is 1.25 bits per heavy atom. The third-order valence-electron chi connectivity index (χ3n) is 4.53. The summed E-state index contributed by atoms with van der Waals surface area (Å²) in [5, 5.41) is 4.06. The van der Waals surface area contributed by atoms with Crippen LogP contribution in [0.3, 0.4) is 0 Å². The summed E-state index contributed by atoms with van der Waals surface area (Å²) in [7, 11) is 0. The van der Waals surface area contributed by atoms with Gasteiger partial charge in [-0.15, -0.1) is 0 Å². The number of hydrogen-bond acceptors (Lipinski definition) is 3. The lowest BCUT2D eigenvalue weighted by molar-refractivity contribution is -0.119. The first kappa shape index (κ1) is 17.1. The minimum Gasteiger partial charge on any atom is -0.353 e. The van der Waals surface area contributed by atoms with Crippen LogP contribution in [0.25, 0.3) is 5.69 Å². The number of imidazole rings is 1. The molecule has 0 unspecified atom stereocenters. The van der Waals surface area contributed by atoms with Crippen molar-refractivity contribution >= 4 is 17.7 Å². The minimum absolute atomic E-state index is 0.117. The van der Waals surface area contributed by atoms with Gasteiger partial charge in [0.15, 0.2) is 5.16 Å². The fourth-order valence-corrected chi connectivity index (χ4v) is 4.01. The van der Waals surface area contributed by atoms with Crippen molar-refractivity contribution in [1.29, 1.82) is 0 Å². The maximum atomic E-state index is 12.3. The average Bonchev–Trinajstić information content (AvgIpc) is 2.89. The Morgan fingerprint density at radius 2 is 2.00 bits per heavy atom. The normalized spacial score (nSPS) is 15.9. The molecule has 1 aromatic carbocycles. The first-order valence-electron chi connectivity index (χ1n) is 8.75. The van der Waals surface area contributed by atoms with Gasteiger partial charge >= 0.3 is 0 Å². The summed E-state index contributed by atoms with van der Waals surface area (Å²) in [6.07, 6.45) is 11.0. The number of rotatable bonds is 5. The first-order chi connectivity index (χ1) is 11.7. The number of amides is 1. The fraction of sp³-hybridized carbons (Fsp3) is 0.474. The molecule has 1 aliphatic rings. The van der Waals surface area contributed by atoms with Crippen LogP contribution in [0.2, 0.25) is 0 Å². The van der Waals surface area contributed by atoms with Gasteiger partial charge in [0, 0.05) is 18.4 Å². The van der Waals surface area contributed by atoms with E-state index in [-0.39, 0.29) is 5.91 Å². The van der Waals surface area contributed by atoms with Crippen LogP contribution in [-0.2, 0) is 4.79 Å². The number of nitrogens with one attached hydrogen (secondary N) is 1. The lowest BCUT2D eigenvalue weighted by Crippen LogP contribution is -2.35. The molecule has 1 amide bonds. The highest BCUT2D eigenvalue weighted by Crippen LogP contribution is 2.23. The number of benzene rings is 1. The molecule has 0 atom stereocenters. The lowest BCUT2D eigenvalue weighted by Gasteiger charge is -2.16. The van der Waals surface area contributed by atoms with E-state index in [2.05, 4.69) is 33.9 Å². The molecule has 1 N–H and O–H groups in total. The van der Waals surface area contributed by atoms with E-state index in [0.29, 0.717) is 11.8 Å². The summed E-state index contributed by atoms with van der Waals surface area (Å²) >= 11 is 1.50. The smallest absolute Gasteiger partial charge is 0.230 e. The molecule has 0 bridgehead atoms. The summed E-state index contributed by atoms with van der Waals surface area (Å²) in [6, 6.07) is 8.57. The predicted molar refractivity (Wildman–Crippen MR) is 98.7 cm³/mol. The van der Waals surface area contributed by atoms with Gasteiger partial charge in [0.25, 0.3) is 0 Å². The Hall–Kier alpha value is -1.75. The van der Waals surface area contributed by atoms with E-state index in [1.54, 1.807) is 6.20 Å². The third-order valence-corrected chi connectivity index (χ3v) is 5.50. The van der Waals surface area contributed by atoms with E-state index < -0.39 is 0 Å². The monoisotopic (exact) mass is 343 g/mol. The molecule has 0 aliphatic heterocycles. The van der Waals surface area contributed by atoms with Gasteiger partial charge in [-0.25, -0.2) is 4.98 Å². The van der Waals surface area contributed by atoms with Crippen LogP contribution in [-0.4, -0.2) is 27.3 Å². The van der Waals surface area contributed by atoms with Crippen molar-refractivity contribution < 1.29 is 4.79 Å². The van der Waals surface area contributed by atoms with E-state index in [1.807, 2.05) is 18.3 Å². The first-order valence-corrected chi connectivity index (χ1v) is 9.74. The second-order valence-corrected chi connectivity index (χ2v) is 7.35. The van der Waals surface area contributed by atoms with Crippen LogP contribution < -0.4 is 5.32 Å². The Morgan fingerprint density at radius 3 is 2.75 bits per heavy atom. The second-order valence-electron chi connectivity index (χ2n) is 6.41. The highest BCUT2D eigenvalue weighted by molar-refractivity contribution is 7.99. The van der Waals surface area contributed by atoms with Crippen molar-refractivity contribution in [3.05, 3.63) is 42.2 Å². The number of hydrogen-bond donors (Lipinski definition) is 1. The van der Waals surface area contributed by atoms with Gasteiger partial charge in [-0.3, -0.25) is 9.36 Å². The zero-order valence-electron chi connectivity index (χ0n) is 14.2. The lowest BCUT2D eigenvalue weighted by atomic mass is 10.1. The van der Waals surface area contributed by atoms with Crippen LogP contribution in [0.1, 0.15) is 44.1 Å². The molecule has 5 heteroatoms. The van der Waals surface area contributed by atoms with Gasteiger partial charge in [0.05, 0.1) is 11.4 Å². The van der Waals surface area contributed by atoms with Gasteiger partial charge < -0.3 is 5.32 Å². The third kappa shape index (κ3) is 4.41. The number of nitrogens with zero attached hydrogens (tertiary/aromatic N) is 2. The van der Waals surface area contributed by atoms with Crippen LogP contribution in [0.4, 0.5) is 0 Å². The highest BCUT2D eigenvalue weighted by atomic mass is 32.2. The molecule has 1 saturated carbocycles. The number of aromatic nitrogens is 2. The predicted octanol–water partition coefficient (Wildman–Crippen LogP) is 4.11. The molecule has 4 nitrogen and oxygen atoms in total. The fourth-order valence-electron chi connectivity index (χ4n) is 3.24. The van der Waals surface area contributed by atoms with Crippen molar-refractivity contribution in [3.63, 3.8) is 0 Å². The maximum Gasteiger partial charge on any atom is 0.230 e. The van der Waals surface area contributed by atoms with Crippen LogP contribution in [0, 0.1) is 6.92 Å². The number of carbonyl (C=O) groups is 1. The SMILES string of the molecule is Cc1ccccc1-n1ccnc1SCC(=O)NC1CCCCCC1. The van der Waals surface area contributed by atoms with Gasteiger partial charge in [-0.05, 0) is 31.4 Å². The summed E-state index contributed by atoms with van der Waals surface area (Å²) in [4.78, 5) is 16.7. The number of thioether (sulfide) groups is 1. The van der Waals surface area contributed by atoms with Crippen molar-refractivity contribution in [2.24, 2.45) is 0 Å². The van der Waals surface area contributed by atoms with E-state index in [1.165, 1.54) is 43.0 Å². The molecule has 3 rings (SSSR count). The molecule has 0 spiro atoms. The van der Waals surface area contributed by atoms with Crippen molar-refractivity contribution in [3.8, 4) is 5.69 Å². The van der Waals surface area contributed by atoms with Crippen molar-refractivity contribution in [1.82, 2.24) is 14.9 Å². The standard InChI is InChI=1S/C19H25N3OS/c1-15-8-6-7-11-17(15)22-13-12-20-19(22)24-14-18(23)21-16-9-4-2-3-5-10-16/h6-8,11-13,16H,2-5,9-10,14H2,1H3,(H,21,23). The van der Waals surface area contributed by atoms with Crippen LogP contribution in [0.5, 0.6) is 0 Å². The molecule has 1 fully saturated rings. The Kier molecular flexibility index (Phi) is 5.96. The summed E-state index contributed by atoms with van der Waals surface area (Å²) in [5.41, 5.74) is 2.31. The Bertz CT molecular complexity index is 675. The maximum absolute atomic E-state index is 12.3. The molecule has 128 valence electrons. The van der Waals surface area contributed by atoms with Crippen molar-refractivity contribution in [2.45, 2.75) is 56.6 Å². The zero-order valence-corrected chi connectivity index (χ0v) is 15.0. The minimum atomic E-state index is 0.117. The van der Waals surface area contributed by atoms with Gasteiger partial charge in [-0.1, -0.05) is 55.6 Å². The molecule has 1 aromatic heterocycles. The Balaban J connectivity index is 1.58. The zero-order chi connectivity index (χ0) is 16.8. The topological polar surface area (TPSA) is 46.9 Å². The summed E-state index contributed by atoms with van der Waals surface area (Å²) in [5.74, 6) is 0.533.